The number of nitrogens with two attached hydrogens (primary N) is 1. The van der Waals surface area contributed by atoms with Gasteiger partial charge < -0.3 is 10.5 Å². The van der Waals surface area contributed by atoms with E-state index in [0.717, 1.165) is 5.56 Å². The topological polar surface area (TPSA) is 52.3 Å². The van der Waals surface area contributed by atoms with Gasteiger partial charge in [0.15, 0.2) is 0 Å². The summed E-state index contributed by atoms with van der Waals surface area (Å²) in [5, 5.41) is 0. The van der Waals surface area contributed by atoms with Gasteiger partial charge in [-0.1, -0.05) is 12.1 Å². The van der Waals surface area contributed by atoms with Crippen molar-refractivity contribution in [1.29, 1.82) is 0 Å². The average molecular weight is 193 g/mol. The molecular formula is C11H15NO2. The van der Waals surface area contributed by atoms with E-state index in [1.807, 2.05) is 19.1 Å². The Kier molecular flexibility index (Phi) is 3.65. The highest BCUT2D eigenvalue weighted by Gasteiger charge is 2.06. The number of hydrogen-bond donors (Lipinski definition) is 1. The van der Waals surface area contributed by atoms with Gasteiger partial charge >= 0.3 is 5.97 Å². The van der Waals surface area contributed by atoms with E-state index in [-0.39, 0.29) is 12.0 Å². The number of carbonyl (C=O) groups is 1. The Morgan fingerprint density at radius 1 is 1.43 bits per heavy atom. The van der Waals surface area contributed by atoms with Crippen LogP contribution in [-0.2, 0) is 4.74 Å². The lowest BCUT2D eigenvalue weighted by molar-refractivity contribution is 0.0526. The SMILES string of the molecule is CCOC(=O)c1ccc([C@H](C)N)cc1. The molecule has 3 nitrogen and oxygen atoms in total. The normalized spacial score (nSPS) is 12.2. The van der Waals surface area contributed by atoms with Crippen molar-refractivity contribution < 1.29 is 9.53 Å². The molecule has 1 rings (SSSR count). The van der Waals surface area contributed by atoms with E-state index >= 15 is 0 Å². The fourth-order valence-electron chi connectivity index (χ4n) is 1.14. The van der Waals surface area contributed by atoms with Crippen LogP contribution in [0.25, 0.3) is 0 Å². The molecule has 0 unspecified atom stereocenters. The lowest BCUT2D eigenvalue weighted by Crippen LogP contribution is -2.07. The third kappa shape index (κ3) is 2.57. The van der Waals surface area contributed by atoms with Crippen molar-refractivity contribution >= 4 is 5.97 Å². The molecule has 14 heavy (non-hydrogen) atoms. The molecule has 0 spiro atoms. The highest BCUT2D eigenvalue weighted by molar-refractivity contribution is 5.89. The largest absolute Gasteiger partial charge is 0.462 e. The standard InChI is InChI=1S/C11H15NO2/c1-3-14-11(13)10-6-4-9(5-7-10)8(2)12/h4-8H,3,12H2,1-2H3/t8-/m0/s1. The van der Waals surface area contributed by atoms with Crippen molar-refractivity contribution in [3.8, 4) is 0 Å². The molecule has 0 fully saturated rings. The highest BCUT2D eigenvalue weighted by Crippen LogP contribution is 2.11. The number of hydrogen-bond acceptors (Lipinski definition) is 3. The average Bonchev–Trinajstić information content (AvgIpc) is 2.18. The van der Waals surface area contributed by atoms with E-state index in [4.69, 9.17) is 10.5 Å². The van der Waals surface area contributed by atoms with E-state index in [1.165, 1.54) is 0 Å². The lowest BCUT2D eigenvalue weighted by atomic mass is 10.1. The summed E-state index contributed by atoms with van der Waals surface area (Å²) in [5.41, 5.74) is 7.26. The Morgan fingerprint density at radius 3 is 2.43 bits per heavy atom. The van der Waals surface area contributed by atoms with Gasteiger partial charge in [0.25, 0.3) is 0 Å². The number of rotatable bonds is 3. The van der Waals surface area contributed by atoms with Crippen molar-refractivity contribution in [2.24, 2.45) is 5.73 Å². The van der Waals surface area contributed by atoms with Crippen LogP contribution in [0.4, 0.5) is 0 Å². The molecule has 0 saturated carbocycles. The van der Waals surface area contributed by atoms with E-state index in [1.54, 1.807) is 19.1 Å². The molecule has 3 heteroatoms. The lowest BCUT2D eigenvalue weighted by Gasteiger charge is -2.06. The first-order chi connectivity index (χ1) is 6.65. The number of benzene rings is 1. The molecule has 0 aliphatic heterocycles. The van der Waals surface area contributed by atoms with Crippen molar-refractivity contribution in [3.05, 3.63) is 35.4 Å². The van der Waals surface area contributed by atoms with Gasteiger partial charge in [-0.3, -0.25) is 0 Å². The molecule has 0 saturated heterocycles. The fraction of sp³-hybridized carbons (Fsp3) is 0.364. The summed E-state index contributed by atoms with van der Waals surface area (Å²) in [6.07, 6.45) is 0. The summed E-state index contributed by atoms with van der Waals surface area (Å²) in [5.74, 6) is -0.288. The van der Waals surface area contributed by atoms with Crippen LogP contribution in [0.1, 0.15) is 35.8 Å². The molecule has 0 aliphatic rings. The molecular weight excluding hydrogens is 178 g/mol. The molecule has 1 aromatic carbocycles. The van der Waals surface area contributed by atoms with Gasteiger partial charge in [-0.25, -0.2) is 4.79 Å². The van der Waals surface area contributed by atoms with Crippen molar-refractivity contribution in [2.75, 3.05) is 6.61 Å². The summed E-state index contributed by atoms with van der Waals surface area (Å²) in [7, 11) is 0. The predicted octanol–water partition coefficient (Wildman–Crippen LogP) is 1.88. The fourth-order valence-corrected chi connectivity index (χ4v) is 1.14. The van der Waals surface area contributed by atoms with Crippen LogP contribution >= 0.6 is 0 Å². The Labute approximate surface area is 83.9 Å². The zero-order chi connectivity index (χ0) is 10.6. The molecule has 0 aliphatic carbocycles. The minimum Gasteiger partial charge on any atom is -0.462 e. The Morgan fingerprint density at radius 2 is 2.00 bits per heavy atom. The summed E-state index contributed by atoms with van der Waals surface area (Å²) in [6, 6.07) is 7.15. The van der Waals surface area contributed by atoms with Gasteiger partial charge in [0.1, 0.15) is 0 Å². The van der Waals surface area contributed by atoms with Crippen LogP contribution < -0.4 is 5.73 Å². The third-order valence-electron chi connectivity index (χ3n) is 1.95. The van der Waals surface area contributed by atoms with Crippen molar-refractivity contribution in [1.82, 2.24) is 0 Å². The van der Waals surface area contributed by atoms with Crippen LogP contribution in [0.2, 0.25) is 0 Å². The number of esters is 1. The first-order valence-electron chi connectivity index (χ1n) is 4.67. The molecule has 0 heterocycles. The van der Waals surface area contributed by atoms with Crippen molar-refractivity contribution in [2.45, 2.75) is 19.9 Å². The van der Waals surface area contributed by atoms with Gasteiger partial charge in [0.2, 0.25) is 0 Å². The monoisotopic (exact) mass is 193 g/mol. The Balaban J connectivity index is 2.78. The van der Waals surface area contributed by atoms with E-state index in [9.17, 15) is 4.79 Å². The molecule has 76 valence electrons. The van der Waals surface area contributed by atoms with Gasteiger partial charge in [0, 0.05) is 6.04 Å². The zero-order valence-corrected chi connectivity index (χ0v) is 8.49. The van der Waals surface area contributed by atoms with Crippen LogP contribution in [0.3, 0.4) is 0 Å². The molecule has 1 aromatic rings. The summed E-state index contributed by atoms with van der Waals surface area (Å²) in [6.45, 7) is 4.08. The molecule has 0 bridgehead atoms. The second kappa shape index (κ2) is 4.77. The van der Waals surface area contributed by atoms with Crippen LogP contribution in [0, 0.1) is 0 Å². The summed E-state index contributed by atoms with van der Waals surface area (Å²) in [4.78, 5) is 11.3. The summed E-state index contributed by atoms with van der Waals surface area (Å²) >= 11 is 0. The maximum Gasteiger partial charge on any atom is 0.338 e. The number of carbonyl (C=O) groups excluding carboxylic acids is 1. The van der Waals surface area contributed by atoms with Crippen LogP contribution in [0.15, 0.2) is 24.3 Å². The minimum absolute atomic E-state index is 0.00811. The minimum atomic E-state index is -0.288. The van der Waals surface area contributed by atoms with Gasteiger partial charge in [-0.15, -0.1) is 0 Å². The Bertz CT molecular complexity index is 304. The quantitative estimate of drug-likeness (QED) is 0.746. The Hall–Kier alpha value is -1.35. The maximum atomic E-state index is 11.3. The first kappa shape index (κ1) is 10.7. The zero-order valence-electron chi connectivity index (χ0n) is 8.49. The van der Waals surface area contributed by atoms with Crippen molar-refractivity contribution in [3.63, 3.8) is 0 Å². The number of ether oxygens (including phenoxy) is 1. The van der Waals surface area contributed by atoms with Crippen LogP contribution in [-0.4, -0.2) is 12.6 Å². The third-order valence-corrected chi connectivity index (χ3v) is 1.95. The smallest absolute Gasteiger partial charge is 0.338 e. The molecule has 2 N–H and O–H groups in total. The molecule has 0 radical (unpaired) electrons. The summed E-state index contributed by atoms with van der Waals surface area (Å²) < 4.78 is 4.86. The first-order valence-corrected chi connectivity index (χ1v) is 4.67. The molecule has 1 atom stereocenters. The predicted molar refractivity (Wildman–Crippen MR) is 55.0 cm³/mol. The van der Waals surface area contributed by atoms with E-state index in [2.05, 4.69) is 0 Å². The molecule has 0 aromatic heterocycles. The second-order valence-corrected chi connectivity index (χ2v) is 3.13. The second-order valence-electron chi connectivity index (χ2n) is 3.13. The van der Waals surface area contributed by atoms with Crippen LogP contribution in [0.5, 0.6) is 0 Å². The maximum absolute atomic E-state index is 11.3. The highest BCUT2D eigenvalue weighted by atomic mass is 16.5. The van der Waals surface area contributed by atoms with E-state index < -0.39 is 0 Å². The van der Waals surface area contributed by atoms with Gasteiger partial charge in [-0.05, 0) is 31.5 Å². The van der Waals surface area contributed by atoms with Gasteiger partial charge in [-0.2, -0.15) is 0 Å². The van der Waals surface area contributed by atoms with E-state index in [0.29, 0.717) is 12.2 Å². The van der Waals surface area contributed by atoms with Gasteiger partial charge in [0.05, 0.1) is 12.2 Å². The molecule has 0 amide bonds.